The lowest BCUT2D eigenvalue weighted by Crippen LogP contribution is -2.41. The van der Waals surface area contributed by atoms with Crippen molar-refractivity contribution in [3.63, 3.8) is 0 Å². The Morgan fingerprint density at radius 1 is 1.25 bits per heavy atom. The molecule has 3 heteroatoms. The predicted molar refractivity (Wildman–Crippen MR) is 82.6 cm³/mol. The lowest BCUT2D eigenvalue weighted by Gasteiger charge is -2.36. The fourth-order valence-corrected chi connectivity index (χ4v) is 2.97. The second kappa shape index (κ2) is 7.75. The molecule has 0 aromatic heterocycles. The van der Waals surface area contributed by atoms with E-state index in [9.17, 15) is 4.39 Å². The Hall–Kier alpha value is -0.930. The molecular weight excluding hydrogens is 251 g/mol. The van der Waals surface area contributed by atoms with Crippen molar-refractivity contribution in [1.29, 1.82) is 0 Å². The summed E-state index contributed by atoms with van der Waals surface area (Å²) in [6, 6.07) is 7.69. The van der Waals surface area contributed by atoms with Gasteiger partial charge in [0, 0.05) is 6.04 Å². The maximum Gasteiger partial charge on any atom is 0.123 e. The van der Waals surface area contributed by atoms with Gasteiger partial charge in [-0.2, -0.15) is 0 Å². The monoisotopic (exact) mass is 278 g/mol. The van der Waals surface area contributed by atoms with Crippen molar-refractivity contribution in [2.24, 2.45) is 0 Å². The van der Waals surface area contributed by atoms with Gasteiger partial charge in [0.2, 0.25) is 0 Å². The topological polar surface area (TPSA) is 15.3 Å². The van der Waals surface area contributed by atoms with Crippen LogP contribution in [0, 0.1) is 5.82 Å². The lowest BCUT2D eigenvalue weighted by molar-refractivity contribution is 0.267. The highest BCUT2D eigenvalue weighted by Crippen LogP contribution is 2.36. The van der Waals surface area contributed by atoms with Crippen molar-refractivity contribution in [2.45, 2.75) is 45.1 Å². The van der Waals surface area contributed by atoms with Gasteiger partial charge in [-0.3, -0.25) is 0 Å². The molecule has 1 aromatic carbocycles. The first-order valence-electron chi connectivity index (χ1n) is 7.94. The average Bonchev–Trinajstić information content (AvgIpc) is 2.40. The van der Waals surface area contributed by atoms with E-state index in [0.717, 1.165) is 38.0 Å². The Bertz CT molecular complexity index is 398. The van der Waals surface area contributed by atoms with Crippen LogP contribution >= 0.6 is 0 Å². The molecule has 1 aliphatic rings. The minimum Gasteiger partial charge on any atom is -0.314 e. The van der Waals surface area contributed by atoms with Crippen LogP contribution in [0.1, 0.15) is 44.6 Å². The van der Waals surface area contributed by atoms with E-state index in [1.165, 1.54) is 19.0 Å². The smallest absolute Gasteiger partial charge is 0.123 e. The van der Waals surface area contributed by atoms with Gasteiger partial charge in [-0.1, -0.05) is 26.0 Å². The first kappa shape index (κ1) is 15.5. The average molecular weight is 278 g/mol. The summed E-state index contributed by atoms with van der Waals surface area (Å²) in [6.07, 6.45) is 3.51. The highest BCUT2D eigenvalue weighted by atomic mass is 19.1. The molecule has 2 rings (SSSR count). The number of rotatable bonds is 8. The van der Waals surface area contributed by atoms with Crippen LogP contribution in [-0.2, 0) is 0 Å². The van der Waals surface area contributed by atoms with E-state index >= 15 is 0 Å². The third-order valence-corrected chi connectivity index (χ3v) is 4.44. The van der Waals surface area contributed by atoms with Crippen molar-refractivity contribution >= 4 is 0 Å². The van der Waals surface area contributed by atoms with E-state index in [1.807, 2.05) is 12.1 Å². The number of benzene rings is 1. The quantitative estimate of drug-likeness (QED) is 0.733. The fraction of sp³-hybridized carbons (Fsp3) is 0.647. The zero-order valence-corrected chi connectivity index (χ0v) is 12.7. The van der Waals surface area contributed by atoms with E-state index in [4.69, 9.17) is 0 Å². The molecule has 112 valence electrons. The summed E-state index contributed by atoms with van der Waals surface area (Å²) in [5, 5.41) is 3.62. The van der Waals surface area contributed by atoms with E-state index in [1.54, 1.807) is 6.07 Å². The van der Waals surface area contributed by atoms with Crippen molar-refractivity contribution in [1.82, 2.24) is 10.2 Å². The summed E-state index contributed by atoms with van der Waals surface area (Å²) in [7, 11) is 0. The van der Waals surface area contributed by atoms with Crippen molar-refractivity contribution < 1.29 is 4.39 Å². The van der Waals surface area contributed by atoms with Crippen molar-refractivity contribution in [2.75, 3.05) is 26.2 Å². The van der Waals surface area contributed by atoms with Gasteiger partial charge in [-0.05, 0) is 69.1 Å². The van der Waals surface area contributed by atoms with E-state index in [-0.39, 0.29) is 5.82 Å². The minimum atomic E-state index is -0.113. The van der Waals surface area contributed by atoms with Gasteiger partial charge in [0.1, 0.15) is 5.82 Å². The number of hydrogen-bond donors (Lipinski definition) is 1. The molecule has 1 aliphatic carbocycles. The molecular formula is C17H27FN2. The van der Waals surface area contributed by atoms with Crippen LogP contribution in [0.25, 0.3) is 0 Å². The highest BCUT2D eigenvalue weighted by molar-refractivity contribution is 5.23. The number of nitrogens with zero attached hydrogens (tertiary/aromatic N) is 1. The van der Waals surface area contributed by atoms with Crippen molar-refractivity contribution in [3.05, 3.63) is 35.6 Å². The Morgan fingerprint density at radius 2 is 2.00 bits per heavy atom. The van der Waals surface area contributed by atoms with Crippen LogP contribution in [0.3, 0.4) is 0 Å². The molecule has 0 unspecified atom stereocenters. The largest absolute Gasteiger partial charge is 0.314 e. The first-order chi connectivity index (χ1) is 9.72. The molecule has 1 fully saturated rings. The van der Waals surface area contributed by atoms with Crippen molar-refractivity contribution in [3.8, 4) is 0 Å². The van der Waals surface area contributed by atoms with Gasteiger partial charge in [0.15, 0.2) is 0 Å². The Labute approximate surface area is 122 Å². The molecule has 0 bridgehead atoms. The first-order valence-corrected chi connectivity index (χ1v) is 7.94. The van der Waals surface area contributed by atoms with Crippen LogP contribution in [0.4, 0.5) is 4.39 Å². The molecule has 1 N–H and O–H groups in total. The van der Waals surface area contributed by atoms with E-state index in [2.05, 4.69) is 24.1 Å². The molecule has 2 nitrogen and oxygen atoms in total. The molecule has 0 saturated heterocycles. The zero-order valence-electron chi connectivity index (χ0n) is 12.7. The van der Waals surface area contributed by atoms with Gasteiger partial charge >= 0.3 is 0 Å². The molecule has 0 spiro atoms. The molecule has 0 atom stereocenters. The highest BCUT2D eigenvalue weighted by Gasteiger charge is 2.29. The normalized spacial score (nSPS) is 22.0. The maximum atomic E-state index is 13.2. The summed E-state index contributed by atoms with van der Waals surface area (Å²) in [5.74, 6) is 0.434. The number of halogens is 1. The molecule has 1 saturated carbocycles. The molecule has 20 heavy (non-hydrogen) atoms. The Morgan fingerprint density at radius 3 is 2.65 bits per heavy atom. The second-order valence-electron chi connectivity index (χ2n) is 5.75. The van der Waals surface area contributed by atoms with Gasteiger partial charge < -0.3 is 10.2 Å². The van der Waals surface area contributed by atoms with Gasteiger partial charge in [-0.15, -0.1) is 0 Å². The molecule has 0 radical (unpaired) electrons. The summed E-state index contributed by atoms with van der Waals surface area (Å²) < 4.78 is 13.2. The fourth-order valence-electron chi connectivity index (χ4n) is 2.97. The zero-order chi connectivity index (χ0) is 14.4. The summed E-state index contributed by atoms with van der Waals surface area (Å²) in [4.78, 5) is 2.46. The van der Waals surface area contributed by atoms with Crippen LogP contribution in [0.5, 0.6) is 0 Å². The van der Waals surface area contributed by atoms with E-state index in [0.29, 0.717) is 12.0 Å². The van der Waals surface area contributed by atoms with Crippen LogP contribution in [0.15, 0.2) is 24.3 Å². The Balaban J connectivity index is 1.60. The number of hydrogen-bond acceptors (Lipinski definition) is 2. The predicted octanol–water partition coefficient (Wildman–Crippen LogP) is 3.39. The molecule has 0 heterocycles. The second-order valence-corrected chi connectivity index (χ2v) is 5.75. The van der Waals surface area contributed by atoms with E-state index < -0.39 is 0 Å². The standard InChI is InChI=1S/C17H27FN2/c1-3-20(4-2)10-6-9-19-17-12-15(13-17)14-7-5-8-16(18)11-14/h5,7-8,11,15,17,19H,3-4,6,9-10,12-13H2,1-2H3. The van der Waals surface area contributed by atoms with Crippen LogP contribution in [-0.4, -0.2) is 37.1 Å². The Kier molecular flexibility index (Phi) is 5.99. The van der Waals surface area contributed by atoms with Crippen LogP contribution in [0.2, 0.25) is 0 Å². The minimum absolute atomic E-state index is 0.113. The molecule has 1 aromatic rings. The SMILES string of the molecule is CCN(CC)CCCNC1CC(c2cccc(F)c2)C1. The summed E-state index contributed by atoms with van der Waals surface area (Å²) >= 11 is 0. The third-order valence-electron chi connectivity index (χ3n) is 4.44. The van der Waals surface area contributed by atoms with Crippen LogP contribution < -0.4 is 5.32 Å². The lowest BCUT2D eigenvalue weighted by atomic mass is 9.76. The number of nitrogens with one attached hydrogen (secondary N) is 1. The summed E-state index contributed by atoms with van der Waals surface area (Å²) in [5.41, 5.74) is 1.16. The van der Waals surface area contributed by atoms with Gasteiger partial charge in [0.05, 0.1) is 0 Å². The molecule has 0 amide bonds. The summed E-state index contributed by atoms with van der Waals surface area (Å²) in [6.45, 7) is 8.99. The maximum absolute atomic E-state index is 13.2. The molecule has 0 aliphatic heterocycles. The van der Waals surface area contributed by atoms with Gasteiger partial charge in [-0.25, -0.2) is 4.39 Å². The van der Waals surface area contributed by atoms with Gasteiger partial charge in [0.25, 0.3) is 0 Å². The third kappa shape index (κ3) is 4.29.